The fourth-order valence-corrected chi connectivity index (χ4v) is 0.910. The van der Waals surface area contributed by atoms with Gasteiger partial charge in [-0.25, -0.2) is 0 Å². The third-order valence-corrected chi connectivity index (χ3v) is 2.15. The average molecular weight is 172 g/mol. The van der Waals surface area contributed by atoms with Crippen LogP contribution in [0.1, 0.15) is 40.0 Å². The molecule has 0 fully saturated rings. The van der Waals surface area contributed by atoms with Gasteiger partial charge in [-0.2, -0.15) is 0 Å². The van der Waals surface area contributed by atoms with Crippen molar-refractivity contribution in [2.24, 2.45) is 5.73 Å². The van der Waals surface area contributed by atoms with E-state index in [1.807, 2.05) is 20.8 Å². The lowest BCUT2D eigenvalue weighted by Gasteiger charge is -2.27. The van der Waals surface area contributed by atoms with E-state index in [1.165, 1.54) is 0 Å². The molecule has 0 aromatic heterocycles. The van der Waals surface area contributed by atoms with Gasteiger partial charge in [0.25, 0.3) is 0 Å². The van der Waals surface area contributed by atoms with Gasteiger partial charge in [-0.15, -0.1) is 0 Å². The summed E-state index contributed by atoms with van der Waals surface area (Å²) in [5.41, 5.74) is 5.33. The second-order valence-electron chi connectivity index (χ2n) is 3.42. The summed E-state index contributed by atoms with van der Waals surface area (Å²) in [6.45, 7) is 6.49. The fraction of sp³-hybridized carbons (Fsp3) is 0.889. The van der Waals surface area contributed by atoms with Crippen LogP contribution in [0.15, 0.2) is 0 Å². The molecule has 72 valence electrons. The average Bonchev–Trinajstić information content (AvgIpc) is 2.05. The zero-order chi connectivity index (χ0) is 9.61. The highest BCUT2D eigenvalue weighted by molar-refractivity contribution is 5.76. The second kappa shape index (κ2) is 5.14. The van der Waals surface area contributed by atoms with Crippen LogP contribution in [0, 0.1) is 0 Å². The number of amides is 1. The van der Waals surface area contributed by atoms with Gasteiger partial charge in [0.2, 0.25) is 5.91 Å². The monoisotopic (exact) mass is 172 g/mol. The minimum Gasteiger partial charge on any atom is -0.350 e. The Bertz CT molecular complexity index is 141. The predicted molar refractivity (Wildman–Crippen MR) is 50.8 cm³/mol. The number of nitrogens with one attached hydrogen (secondary N) is 1. The van der Waals surface area contributed by atoms with Crippen molar-refractivity contribution in [3.63, 3.8) is 0 Å². The summed E-state index contributed by atoms with van der Waals surface area (Å²) in [6, 6.07) is 0. The van der Waals surface area contributed by atoms with Crippen LogP contribution in [0.25, 0.3) is 0 Å². The van der Waals surface area contributed by atoms with E-state index in [0.29, 0.717) is 13.0 Å². The second-order valence-corrected chi connectivity index (χ2v) is 3.42. The van der Waals surface area contributed by atoms with E-state index in [0.717, 1.165) is 12.8 Å². The zero-order valence-electron chi connectivity index (χ0n) is 8.31. The molecular formula is C9H20N2O. The summed E-state index contributed by atoms with van der Waals surface area (Å²) < 4.78 is 0. The Hall–Kier alpha value is -0.570. The van der Waals surface area contributed by atoms with Gasteiger partial charge in [0.1, 0.15) is 0 Å². The molecule has 0 aromatic rings. The van der Waals surface area contributed by atoms with Crippen molar-refractivity contribution in [2.75, 3.05) is 6.54 Å². The maximum Gasteiger partial charge on any atom is 0.220 e. The minimum atomic E-state index is -0.216. The Balaban J connectivity index is 3.93. The summed E-state index contributed by atoms with van der Waals surface area (Å²) in [5.74, 6) is 0.104. The van der Waals surface area contributed by atoms with Crippen LogP contribution in [0.4, 0.5) is 0 Å². The van der Waals surface area contributed by atoms with Crippen molar-refractivity contribution in [2.45, 2.75) is 45.6 Å². The molecule has 3 N–H and O–H groups in total. The number of nitrogens with two attached hydrogens (primary N) is 1. The quantitative estimate of drug-likeness (QED) is 0.650. The number of carbonyl (C=O) groups excluding carboxylic acids is 1. The third-order valence-electron chi connectivity index (χ3n) is 2.15. The van der Waals surface area contributed by atoms with Gasteiger partial charge in [-0.05, 0) is 19.8 Å². The number of hydrogen-bond donors (Lipinski definition) is 2. The van der Waals surface area contributed by atoms with Crippen LogP contribution >= 0.6 is 0 Å². The molecule has 1 atom stereocenters. The molecule has 0 aromatic carbocycles. The Morgan fingerprint density at radius 1 is 1.50 bits per heavy atom. The molecule has 0 spiro atoms. The van der Waals surface area contributed by atoms with Crippen molar-refractivity contribution in [1.82, 2.24) is 5.32 Å². The standard InChI is InChI=1S/C9H20N2O/c1-4-6-8(12)11-9(3,5-2)7-10/h4-7,10H2,1-3H3,(H,11,12). The molecule has 12 heavy (non-hydrogen) atoms. The summed E-state index contributed by atoms with van der Waals surface area (Å²) >= 11 is 0. The van der Waals surface area contributed by atoms with Gasteiger partial charge < -0.3 is 11.1 Å². The molecule has 3 nitrogen and oxygen atoms in total. The van der Waals surface area contributed by atoms with Gasteiger partial charge >= 0.3 is 0 Å². The lowest BCUT2D eigenvalue weighted by atomic mass is 9.99. The number of carbonyl (C=O) groups is 1. The van der Waals surface area contributed by atoms with Crippen LogP contribution in [0.2, 0.25) is 0 Å². The topological polar surface area (TPSA) is 55.1 Å². The SMILES string of the molecule is CCCC(=O)NC(C)(CC)CN. The van der Waals surface area contributed by atoms with Gasteiger partial charge in [0, 0.05) is 18.5 Å². The first-order chi connectivity index (χ1) is 5.58. The molecule has 0 radical (unpaired) electrons. The number of rotatable bonds is 5. The Morgan fingerprint density at radius 3 is 2.42 bits per heavy atom. The molecule has 0 aliphatic heterocycles. The highest BCUT2D eigenvalue weighted by Crippen LogP contribution is 2.06. The van der Waals surface area contributed by atoms with Crippen LogP contribution in [0.5, 0.6) is 0 Å². The zero-order valence-corrected chi connectivity index (χ0v) is 8.31. The smallest absolute Gasteiger partial charge is 0.220 e. The largest absolute Gasteiger partial charge is 0.350 e. The van der Waals surface area contributed by atoms with Crippen molar-refractivity contribution in [1.29, 1.82) is 0 Å². The molecule has 0 aliphatic carbocycles. The van der Waals surface area contributed by atoms with Crippen LogP contribution < -0.4 is 11.1 Å². The summed E-state index contributed by atoms with van der Waals surface area (Å²) in [6.07, 6.45) is 2.35. The Labute approximate surface area is 74.7 Å². The molecule has 0 bridgehead atoms. The van der Waals surface area contributed by atoms with Crippen molar-refractivity contribution >= 4 is 5.91 Å². The van der Waals surface area contributed by atoms with Gasteiger partial charge in [-0.1, -0.05) is 13.8 Å². The molecule has 1 amide bonds. The highest BCUT2D eigenvalue weighted by atomic mass is 16.1. The molecule has 0 saturated carbocycles. The Morgan fingerprint density at radius 2 is 2.08 bits per heavy atom. The van der Waals surface area contributed by atoms with Crippen LogP contribution in [-0.4, -0.2) is 18.0 Å². The van der Waals surface area contributed by atoms with Gasteiger partial charge in [0.05, 0.1) is 0 Å². The maximum atomic E-state index is 11.2. The molecular weight excluding hydrogens is 152 g/mol. The van der Waals surface area contributed by atoms with E-state index in [4.69, 9.17) is 5.73 Å². The van der Waals surface area contributed by atoms with Crippen LogP contribution in [-0.2, 0) is 4.79 Å². The third kappa shape index (κ3) is 3.72. The first-order valence-corrected chi connectivity index (χ1v) is 4.59. The van der Waals surface area contributed by atoms with Gasteiger partial charge in [-0.3, -0.25) is 4.79 Å². The first kappa shape index (κ1) is 11.4. The summed E-state index contributed by atoms with van der Waals surface area (Å²) in [4.78, 5) is 11.2. The molecule has 0 saturated heterocycles. The lowest BCUT2D eigenvalue weighted by molar-refractivity contribution is -0.122. The first-order valence-electron chi connectivity index (χ1n) is 4.59. The van der Waals surface area contributed by atoms with Crippen molar-refractivity contribution in [3.05, 3.63) is 0 Å². The Kier molecular flexibility index (Phi) is 4.90. The van der Waals surface area contributed by atoms with E-state index >= 15 is 0 Å². The molecule has 0 heterocycles. The lowest BCUT2D eigenvalue weighted by Crippen LogP contribution is -2.50. The normalized spacial score (nSPS) is 15.3. The predicted octanol–water partition coefficient (Wildman–Crippen LogP) is 1.03. The van der Waals surface area contributed by atoms with Gasteiger partial charge in [0.15, 0.2) is 0 Å². The summed E-state index contributed by atoms with van der Waals surface area (Å²) in [7, 11) is 0. The van der Waals surface area contributed by atoms with E-state index < -0.39 is 0 Å². The van der Waals surface area contributed by atoms with E-state index in [9.17, 15) is 4.79 Å². The van der Waals surface area contributed by atoms with E-state index in [-0.39, 0.29) is 11.4 Å². The highest BCUT2D eigenvalue weighted by Gasteiger charge is 2.21. The fourth-order valence-electron chi connectivity index (χ4n) is 0.910. The summed E-state index contributed by atoms with van der Waals surface area (Å²) in [5, 5.41) is 2.93. The minimum absolute atomic E-state index is 0.104. The molecule has 0 rings (SSSR count). The van der Waals surface area contributed by atoms with E-state index in [1.54, 1.807) is 0 Å². The molecule has 3 heteroatoms. The molecule has 0 aliphatic rings. The van der Waals surface area contributed by atoms with E-state index in [2.05, 4.69) is 5.32 Å². The van der Waals surface area contributed by atoms with Crippen LogP contribution in [0.3, 0.4) is 0 Å². The molecule has 1 unspecified atom stereocenters. The maximum absolute atomic E-state index is 11.2. The van der Waals surface area contributed by atoms with Crippen molar-refractivity contribution < 1.29 is 4.79 Å². The number of hydrogen-bond acceptors (Lipinski definition) is 2. The van der Waals surface area contributed by atoms with Crippen molar-refractivity contribution in [3.8, 4) is 0 Å².